The maximum Gasteiger partial charge on any atom is 0.278 e. The highest BCUT2D eigenvalue weighted by atomic mass is 19.3. The third-order valence-corrected chi connectivity index (χ3v) is 4.51. The minimum absolute atomic E-state index is 0.214. The zero-order valence-electron chi connectivity index (χ0n) is 15.5. The zero-order chi connectivity index (χ0) is 20.3. The number of alkyl halides is 2. The Morgan fingerprint density at radius 2 is 1.36 bits per heavy atom. The Balaban J connectivity index is 1.95. The number of nitrogens with one attached hydrogen (secondary N) is 2. The summed E-state index contributed by atoms with van der Waals surface area (Å²) in [5, 5.41) is 2.85. The van der Waals surface area contributed by atoms with Crippen molar-refractivity contribution in [3.63, 3.8) is 0 Å². The van der Waals surface area contributed by atoms with Crippen molar-refractivity contribution in [2.45, 2.75) is 26.3 Å². The minimum Gasteiger partial charge on any atom is -0.341 e. The minimum atomic E-state index is -2.81. The maximum absolute atomic E-state index is 12.7. The van der Waals surface area contributed by atoms with Crippen LogP contribution in [0.15, 0.2) is 65.5 Å². The number of aromatic amines is 1. The number of halogens is 2. The molecule has 0 saturated carbocycles. The molecule has 144 valence electrons. The van der Waals surface area contributed by atoms with Crippen molar-refractivity contribution in [1.29, 1.82) is 0 Å². The molecule has 1 amide bonds. The number of hydrogen-bond acceptors (Lipinski definition) is 2. The van der Waals surface area contributed by atoms with Crippen LogP contribution in [0.3, 0.4) is 0 Å². The molecule has 1 aromatic heterocycles. The summed E-state index contributed by atoms with van der Waals surface area (Å²) in [7, 11) is 0. The molecule has 0 unspecified atom stereocenters. The number of H-pyrrole nitrogens is 1. The van der Waals surface area contributed by atoms with Gasteiger partial charge in [-0.05, 0) is 37.1 Å². The van der Waals surface area contributed by atoms with Gasteiger partial charge in [0.1, 0.15) is 5.56 Å². The molecule has 4 nitrogen and oxygen atoms in total. The maximum atomic E-state index is 12.7. The van der Waals surface area contributed by atoms with Crippen molar-refractivity contribution in [3.8, 4) is 0 Å². The van der Waals surface area contributed by atoms with Crippen molar-refractivity contribution in [1.82, 2.24) is 10.3 Å². The van der Waals surface area contributed by atoms with Crippen LogP contribution >= 0.6 is 0 Å². The summed E-state index contributed by atoms with van der Waals surface area (Å²) in [5.41, 5.74) is 2.28. The lowest BCUT2D eigenvalue weighted by Gasteiger charge is -2.20. The SMILES string of the molecule is Cc1ccc(C(NC(=O)c2ccc(C(F)F)[nH]c2=O)c2ccc(C)cc2)cc1. The normalized spacial score (nSPS) is 11.1. The lowest BCUT2D eigenvalue weighted by atomic mass is 9.96. The molecule has 0 atom stereocenters. The van der Waals surface area contributed by atoms with Crippen LogP contribution in [0.4, 0.5) is 8.78 Å². The summed E-state index contributed by atoms with van der Waals surface area (Å²) >= 11 is 0. The average Bonchev–Trinajstić information content (AvgIpc) is 2.67. The number of hydrogen-bond donors (Lipinski definition) is 2. The Morgan fingerprint density at radius 3 is 1.79 bits per heavy atom. The third kappa shape index (κ3) is 4.34. The molecule has 28 heavy (non-hydrogen) atoms. The van der Waals surface area contributed by atoms with Crippen LogP contribution in [0.1, 0.15) is 50.8 Å². The van der Waals surface area contributed by atoms with E-state index in [9.17, 15) is 18.4 Å². The van der Waals surface area contributed by atoms with Crippen LogP contribution in [0.5, 0.6) is 0 Å². The van der Waals surface area contributed by atoms with E-state index in [1.807, 2.05) is 62.4 Å². The molecular formula is C22H20F2N2O2. The van der Waals surface area contributed by atoms with Gasteiger partial charge in [0.25, 0.3) is 17.9 Å². The van der Waals surface area contributed by atoms with Gasteiger partial charge in [-0.15, -0.1) is 0 Å². The number of carbonyl (C=O) groups is 1. The Bertz CT molecular complexity index is 980. The lowest BCUT2D eigenvalue weighted by molar-refractivity contribution is 0.0940. The summed E-state index contributed by atoms with van der Waals surface area (Å²) in [6, 6.07) is 17.1. The van der Waals surface area contributed by atoms with Crippen molar-refractivity contribution in [2.75, 3.05) is 0 Å². The Labute approximate surface area is 161 Å². The van der Waals surface area contributed by atoms with Gasteiger partial charge >= 0.3 is 0 Å². The fraction of sp³-hybridized carbons (Fsp3) is 0.182. The zero-order valence-corrected chi connectivity index (χ0v) is 15.5. The van der Waals surface area contributed by atoms with Crippen LogP contribution in [0, 0.1) is 13.8 Å². The van der Waals surface area contributed by atoms with Gasteiger partial charge in [-0.25, -0.2) is 8.78 Å². The Kier molecular flexibility index (Phi) is 5.68. The first-order chi connectivity index (χ1) is 13.3. The number of rotatable bonds is 5. The van der Waals surface area contributed by atoms with Gasteiger partial charge in [0, 0.05) is 0 Å². The number of aryl methyl sites for hydroxylation is 2. The number of pyridine rings is 1. The van der Waals surface area contributed by atoms with Gasteiger partial charge in [0.05, 0.1) is 11.7 Å². The predicted molar refractivity (Wildman–Crippen MR) is 104 cm³/mol. The number of benzene rings is 2. The van der Waals surface area contributed by atoms with E-state index in [-0.39, 0.29) is 5.56 Å². The highest BCUT2D eigenvalue weighted by Crippen LogP contribution is 2.23. The molecule has 0 saturated heterocycles. The molecule has 0 radical (unpaired) electrons. The second-order valence-electron chi connectivity index (χ2n) is 6.69. The summed E-state index contributed by atoms with van der Waals surface area (Å²) < 4.78 is 25.5. The number of aromatic nitrogens is 1. The van der Waals surface area contributed by atoms with Crippen LogP contribution in [0.2, 0.25) is 0 Å². The van der Waals surface area contributed by atoms with Crippen molar-refractivity contribution >= 4 is 5.91 Å². The van der Waals surface area contributed by atoms with E-state index < -0.39 is 29.6 Å². The monoisotopic (exact) mass is 382 g/mol. The second-order valence-corrected chi connectivity index (χ2v) is 6.69. The quantitative estimate of drug-likeness (QED) is 0.685. The average molecular weight is 382 g/mol. The third-order valence-electron chi connectivity index (χ3n) is 4.51. The van der Waals surface area contributed by atoms with Gasteiger partial charge in [-0.2, -0.15) is 0 Å². The highest BCUT2D eigenvalue weighted by Gasteiger charge is 2.20. The van der Waals surface area contributed by atoms with E-state index in [1.165, 1.54) is 0 Å². The molecular weight excluding hydrogens is 362 g/mol. The fourth-order valence-corrected chi connectivity index (χ4v) is 2.88. The van der Waals surface area contributed by atoms with Crippen LogP contribution in [-0.2, 0) is 0 Å². The van der Waals surface area contributed by atoms with Gasteiger partial charge < -0.3 is 10.3 Å². The molecule has 2 aromatic carbocycles. The molecule has 0 aliphatic carbocycles. The van der Waals surface area contributed by atoms with E-state index in [0.717, 1.165) is 34.4 Å². The molecule has 0 spiro atoms. The van der Waals surface area contributed by atoms with Gasteiger partial charge in [-0.1, -0.05) is 59.7 Å². The Morgan fingerprint density at radius 1 is 0.857 bits per heavy atom. The lowest BCUT2D eigenvalue weighted by Crippen LogP contribution is -2.33. The second kappa shape index (κ2) is 8.17. The van der Waals surface area contributed by atoms with Crippen LogP contribution < -0.4 is 10.9 Å². The van der Waals surface area contributed by atoms with Crippen molar-refractivity contribution in [3.05, 3.63) is 105 Å². The molecule has 1 heterocycles. The largest absolute Gasteiger partial charge is 0.341 e. The summed E-state index contributed by atoms with van der Waals surface area (Å²) in [4.78, 5) is 26.9. The molecule has 0 fully saturated rings. The van der Waals surface area contributed by atoms with E-state index >= 15 is 0 Å². The predicted octanol–water partition coefficient (Wildman–Crippen LogP) is 4.45. The first-order valence-electron chi connectivity index (χ1n) is 8.80. The standard InChI is InChI=1S/C22H20F2N2O2/c1-13-3-7-15(8-4-13)19(16-9-5-14(2)6-10-16)26-22(28)17-11-12-18(20(23)24)25-21(17)27/h3-12,19-20H,1-2H3,(H,25,27)(H,26,28). The number of carbonyl (C=O) groups excluding carboxylic acids is 1. The first-order valence-corrected chi connectivity index (χ1v) is 8.80. The first kappa shape index (κ1) is 19.5. The molecule has 2 N–H and O–H groups in total. The molecule has 6 heteroatoms. The van der Waals surface area contributed by atoms with Crippen LogP contribution in [-0.4, -0.2) is 10.9 Å². The van der Waals surface area contributed by atoms with E-state index in [0.29, 0.717) is 0 Å². The molecule has 0 bridgehead atoms. The summed E-state index contributed by atoms with van der Waals surface area (Å²) in [6.45, 7) is 3.93. The molecule has 3 rings (SSSR count). The molecule has 3 aromatic rings. The van der Waals surface area contributed by atoms with E-state index in [4.69, 9.17) is 0 Å². The van der Waals surface area contributed by atoms with E-state index in [1.54, 1.807) is 0 Å². The Hall–Kier alpha value is -3.28. The summed E-state index contributed by atoms with van der Waals surface area (Å²) in [6.07, 6.45) is -2.81. The van der Waals surface area contributed by atoms with Crippen molar-refractivity contribution in [2.24, 2.45) is 0 Å². The topological polar surface area (TPSA) is 62.0 Å². The number of amides is 1. The fourth-order valence-electron chi connectivity index (χ4n) is 2.88. The van der Waals surface area contributed by atoms with Crippen molar-refractivity contribution < 1.29 is 13.6 Å². The highest BCUT2D eigenvalue weighted by molar-refractivity contribution is 5.94. The molecule has 0 aliphatic heterocycles. The van der Waals surface area contributed by atoms with Gasteiger partial charge in [0.2, 0.25) is 0 Å². The van der Waals surface area contributed by atoms with Gasteiger partial charge in [-0.3, -0.25) is 9.59 Å². The smallest absolute Gasteiger partial charge is 0.278 e. The van der Waals surface area contributed by atoms with Gasteiger partial charge in [0.15, 0.2) is 0 Å². The molecule has 0 aliphatic rings. The summed E-state index contributed by atoms with van der Waals surface area (Å²) in [5.74, 6) is -0.631. The van der Waals surface area contributed by atoms with E-state index in [2.05, 4.69) is 10.3 Å². The van der Waals surface area contributed by atoms with Crippen LogP contribution in [0.25, 0.3) is 0 Å².